The van der Waals surface area contributed by atoms with Crippen molar-refractivity contribution >= 4 is 0 Å². The molecule has 0 aromatic carbocycles. The van der Waals surface area contributed by atoms with Crippen LogP contribution in [0.2, 0.25) is 0 Å². The lowest BCUT2D eigenvalue weighted by Crippen LogP contribution is -1.91. The van der Waals surface area contributed by atoms with E-state index < -0.39 is 0 Å². The molecule has 0 heteroatoms. The highest BCUT2D eigenvalue weighted by Gasteiger charge is 1.96. The maximum Gasteiger partial charge on any atom is -0.0323 e. The molecule has 1 atom stereocenters. The summed E-state index contributed by atoms with van der Waals surface area (Å²) in [6.07, 6.45) is 4.67. The van der Waals surface area contributed by atoms with E-state index in [1.807, 2.05) is 0 Å². The molecule has 0 spiro atoms. The van der Waals surface area contributed by atoms with E-state index in [9.17, 15) is 0 Å². The molecular weight excluding hydrogens is 108 g/mol. The third-order valence-corrected chi connectivity index (χ3v) is 1.60. The van der Waals surface area contributed by atoms with E-state index >= 15 is 0 Å². The zero-order valence-corrected chi connectivity index (χ0v) is 6.78. The fourth-order valence-electron chi connectivity index (χ4n) is 0.641. The van der Waals surface area contributed by atoms with Crippen molar-refractivity contribution in [3.05, 3.63) is 18.6 Å². The van der Waals surface area contributed by atoms with E-state index in [1.165, 1.54) is 18.4 Å². The Hall–Kier alpha value is -0.260. The second-order valence-corrected chi connectivity index (χ2v) is 2.81. The molecule has 0 saturated carbocycles. The van der Waals surface area contributed by atoms with Crippen LogP contribution in [0.4, 0.5) is 0 Å². The zero-order valence-electron chi connectivity index (χ0n) is 6.78. The predicted molar refractivity (Wildman–Crippen MR) is 43.2 cm³/mol. The van der Waals surface area contributed by atoms with Gasteiger partial charge in [-0.05, 0) is 32.1 Å². The van der Waals surface area contributed by atoms with Crippen LogP contribution >= 0.6 is 0 Å². The molecule has 0 aromatic heterocycles. The van der Waals surface area contributed by atoms with E-state index in [0.29, 0.717) is 0 Å². The lowest BCUT2D eigenvalue weighted by molar-refractivity contribution is 0.605. The molecule has 0 fully saturated rings. The Balaban J connectivity index is 3.16. The first kappa shape index (κ1) is 8.74. The third kappa shape index (κ3) is 5.61. The van der Waals surface area contributed by atoms with Crippen molar-refractivity contribution in [1.82, 2.24) is 0 Å². The molecule has 0 aliphatic carbocycles. The van der Waals surface area contributed by atoms with Crippen LogP contribution in [0.1, 0.15) is 33.6 Å². The van der Waals surface area contributed by atoms with E-state index in [0.717, 1.165) is 5.92 Å². The summed E-state index contributed by atoms with van der Waals surface area (Å²) in [6.45, 7) is 10.3. The molecule has 0 N–H and O–H groups in total. The van der Waals surface area contributed by atoms with Crippen LogP contribution in [0.25, 0.3) is 0 Å². The lowest BCUT2D eigenvalue weighted by atomic mass is 10.0. The van der Waals surface area contributed by atoms with E-state index in [2.05, 4.69) is 33.8 Å². The lowest BCUT2D eigenvalue weighted by Gasteiger charge is -2.05. The highest BCUT2D eigenvalue weighted by atomic mass is 14.0. The molecule has 0 nitrogen and oxygen atoms in total. The van der Waals surface area contributed by atoms with Crippen molar-refractivity contribution < 1.29 is 0 Å². The van der Waals surface area contributed by atoms with Crippen LogP contribution in [0.3, 0.4) is 0 Å². The molecule has 0 aliphatic heterocycles. The topological polar surface area (TPSA) is 0 Å². The standard InChI is InChI=1S/C9H17/c1-5-9(4)7-6-8(2)3/h5,9H,2,6-7H2,1,3-4H3. The van der Waals surface area contributed by atoms with Crippen LogP contribution in [0.5, 0.6) is 0 Å². The normalized spacial score (nSPS) is 13.2. The second kappa shape index (κ2) is 4.60. The third-order valence-electron chi connectivity index (χ3n) is 1.60. The Morgan fingerprint density at radius 3 is 2.56 bits per heavy atom. The maximum absolute atomic E-state index is 3.85. The minimum Gasteiger partial charge on any atom is -0.100 e. The van der Waals surface area contributed by atoms with Crippen molar-refractivity contribution in [3.8, 4) is 0 Å². The van der Waals surface area contributed by atoms with Gasteiger partial charge >= 0.3 is 0 Å². The van der Waals surface area contributed by atoms with Gasteiger partial charge in [0.25, 0.3) is 0 Å². The molecule has 9 heavy (non-hydrogen) atoms. The summed E-state index contributed by atoms with van der Waals surface area (Å²) >= 11 is 0. The number of hydrogen-bond donors (Lipinski definition) is 0. The van der Waals surface area contributed by atoms with Crippen LogP contribution in [0.15, 0.2) is 12.2 Å². The van der Waals surface area contributed by atoms with Gasteiger partial charge in [0.15, 0.2) is 0 Å². The monoisotopic (exact) mass is 125 g/mol. The molecule has 0 aliphatic rings. The van der Waals surface area contributed by atoms with Crippen LogP contribution in [-0.4, -0.2) is 0 Å². The summed E-state index contributed by atoms with van der Waals surface area (Å²) in [6, 6.07) is 0. The average Bonchev–Trinajstić information content (AvgIpc) is 1.83. The van der Waals surface area contributed by atoms with Gasteiger partial charge in [0, 0.05) is 0 Å². The van der Waals surface area contributed by atoms with Gasteiger partial charge in [-0.1, -0.05) is 19.4 Å². The summed E-state index contributed by atoms with van der Waals surface area (Å²) < 4.78 is 0. The van der Waals surface area contributed by atoms with E-state index in [4.69, 9.17) is 0 Å². The molecule has 1 unspecified atom stereocenters. The fourth-order valence-corrected chi connectivity index (χ4v) is 0.641. The van der Waals surface area contributed by atoms with Crippen molar-refractivity contribution in [3.63, 3.8) is 0 Å². The van der Waals surface area contributed by atoms with Gasteiger partial charge in [0.1, 0.15) is 0 Å². The summed E-state index contributed by atoms with van der Waals surface area (Å²) in [4.78, 5) is 0. The number of allylic oxidation sites excluding steroid dienone is 1. The van der Waals surface area contributed by atoms with Crippen molar-refractivity contribution in [2.75, 3.05) is 0 Å². The van der Waals surface area contributed by atoms with Crippen molar-refractivity contribution in [2.24, 2.45) is 5.92 Å². The van der Waals surface area contributed by atoms with Crippen LogP contribution < -0.4 is 0 Å². The average molecular weight is 125 g/mol. The molecule has 53 valence electrons. The van der Waals surface area contributed by atoms with Gasteiger partial charge in [0.2, 0.25) is 0 Å². The van der Waals surface area contributed by atoms with Gasteiger partial charge in [-0.25, -0.2) is 0 Å². The molecule has 0 aromatic rings. The Labute approximate surface area is 59.0 Å². The second-order valence-electron chi connectivity index (χ2n) is 2.81. The van der Waals surface area contributed by atoms with Crippen LogP contribution in [0, 0.1) is 12.3 Å². The van der Waals surface area contributed by atoms with E-state index in [1.54, 1.807) is 0 Å². The molecular formula is C9H17. The zero-order chi connectivity index (χ0) is 7.28. The molecule has 0 heterocycles. The first-order valence-electron chi connectivity index (χ1n) is 3.60. The highest BCUT2D eigenvalue weighted by molar-refractivity contribution is 4.88. The van der Waals surface area contributed by atoms with Gasteiger partial charge < -0.3 is 0 Å². The molecule has 1 radical (unpaired) electrons. The van der Waals surface area contributed by atoms with Gasteiger partial charge in [0.05, 0.1) is 0 Å². The quantitative estimate of drug-likeness (QED) is 0.506. The van der Waals surface area contributed by atoms with Gasteiger partial charge in [-0.3, -0.25) is 0 Å². The Morgan fingerprint density at radius 1 is 1.67 bits per heavy atom. The Morgan fingerprint density at radius 2 is 2.22 bits per heavy atom. The first-order chi connectivity index (χ1) is 4.16. The highest BCUT2D eigenvalue weighted by Crippen LogP contribution is 2.11. The Bertz CT molecular complexity index is 82.0. The van der Waals surface area contributed by atoms with Crippen LogP contribution in [-0.2, 0) is 0 Å². The van der Waals surface area contributed by atoms with E-state index in [-0.39, 0.29) is 0 Å². The fraction of sp³-hybridized carbons (Fsp3) is 0.667. The molecule has 0 bridgehead atoms. The van der Waals surface area contributed by atoms with Gasteiger partial charge in [-0.2, -0.15) is 0 Å². The SMILES string of the molecule is C=C(C)CCC(C)[CH]C. The minimum atomic E-state index is 0.752. The Kier molecular flexibility index (Phi) is 4.47. The summed E-state index contributed by atoms with van der Waals surface area (Å²) in [5, 5.41) is 0. The molecule has 0 amide bonds. The van der Waals surface area contributed by atoms with Gasteiger partial charge in [-0.15, -0.1) is 6.58 Å². The predicted octanol–water partition coefficient (Wildman–Crippen LogP) is 3.20. The first-order valence-corrected chi connectivity index (χ1v) is 3.60. The number of rotatable bonds is 4. The smallest absolute Gasteiger partial charge is 0.0323 e. The minimum absolute atomic E-state index is 0.752. The molecule has 0 saturated heterocycles. The molecule has 0 rings (SSSR count). The maximum atomic E-state index is 3.85. The van der Waals surface area contributed by atoms with Crippen molar-refractivity contribution in [1.29, 1.82) is 0 Å². The van der Waals surface area contributed by atoms with Crippen molar-refractivity contribution in [2.45, 2.75) is 33.6 Å². The summed E-state index contributed by atoms with van der Waals surface area (Å²) in [5.41, 5.74) is 1.30. The largest absolute Gasteiger partial charge is 0.100 e. The number of hydrogen-bond acceptors (Lipinski definition) is 0. The summed E-state index contributed by atoms with van der Waals surface area (Å²) in [5.74, 6) is 0.752. The summed E-state index contributed by atoms with van der Waals surface area (Å²) in [7, 11) is 0.